The molecule has 0 amide bonds. The molecule has 1 heterocycles. The quantitative estimate of drug-likeness (QED) is 0.598. The van der Waals surface area contributed by atoms with Gasteiger partial charge in [0.1, 0.15) is 5.69 Å². The molecule has 0 unspecified atom stereocenters. The summed E-state index contributed by atoms with van der Waals surface area (Å²) in [6.45, 7) is 6.92. The summed E-state index contributed by atoms with van der Waals surface area (Å²) in [7, 11) is 0. The van der Waals surface area contributed by atoms with Crippen LogP contribution in [-0.2, 0) is 6.54 Å². The van der Waals surface area contributed by atoms with Crippen LogP contribution in [0, 0.1) is 17.0 Å². The minimum atomic E-state index is -0.382. The second kappa shape index (κ2) is 4.77. The van der Waals surface area contributed by atoms with E-state index in [0.29, 0.717) is 24.6 Å². The van der Waals surface area contributed by atoms with Crippen LogP contribution in [-0.4, -0.2) is 21.2 Å². The highest BCUT2D eigenvalue weighted by Crippen LogP contribution is 2.27. The maximum atomic E-state index is 10.8. The number of nitrogens with zero attached hydrogens (tertiary/aromatic N) is 3. The largest absolute Gasteiger partial charge is 0.365 e. The third-order valence-electron chi connectivity index (χ3n) is 2.06. The molecule has 0 fully saturated rings. The van der Waals surface area contributed by atoms with Gasteiger partial charge in [-0.25, -0.2) is 4.68 Å². The lowest BCUT2D eigenvalue weighted by molar-refractivity contribution is -0.384. The van der Waals surface area contributed by atoms with Crippen molar-refractivity contribution >= 4 is 11.5 Å². The zero-order chi connectivity index (χ0) is 11.4. The third-order valence-corrected chi connectivity index (χ3v) is 2.06. The van der Waals surface area contributed by atoms with Gasteiger partial charge in [-0.05, 0) is 20.3 Å². The molecule has 0 atom stereocenters. The minimum absolute atomic E-state index is 0.0882. The first-order chi connectivity index (χ1) is 7.11. The van der Waals surface area contributed by atoms with Crippen LogP contribution in [0.25, 0.3) is 0 Å². The zero-order valence-corrected chi connectivity index (χ0v) is 9.28. The molecule has 0 saturated carbocycles. The second-order valence-electron chi connectivity index (χ2n) is 3.29. The summed E-state index contributed by atoms with van der Waals surface area (Å²) in [5, 5.41) is 18.0. The van der Waals surface area contributed by atoms with Crippen molar-refractivity contribution in [3.05, 3.63) is 15.8 Å². The molecule has 0 bridgehead atoms. The van der Waals surface area contributed by atoms with E-state index in [0.717, 1.165) is 6.42 Å². The van der Waals surface area contributed by atoms with E-state index in [2.05, 4.69) is 10.4 Å². The molecule has 0 aliphatic carbocycles. The summed E-state index contributed by atoms with van der Waals surface area (Å²) in [6, 6.07) is 0. The SMILES string of the molecule is CCCn1nc(C)c([N+](=O)[O-])c1NCC. The number of hydrogen-bond acceptors (Lipinski definition) is 4. The highest BCUT2D eigenvalue weighted by molar-refractivity contribution is 5.59. The highest BCUT2D eigenvalue weighted by atomic mass is 16.6. The van der Waals surface area contributed by atoms with Crippen molar-refractivity contribution in [3.63, 3.8) is 0 Å². The summed E-state index contributed by atoms with van der Waals surface area (Å²) in [6.07, 6.45) is 0.899. The Kier molecular flexibility index (Phi) is 3.65. The Bertz CT molecular complexity index is 359. The number of anilines is 1. The van der Waals surface area contributed by atoms with Gasteiger partial charge >= 0.3 is 5.69 Å². The van der Waals surface area contributed by atoms with Crippen LogP contribution >= 0.6 is 0 Å². The van der Waals surface area contributed by atoms with Crippen LogP contribution in [0.1, 0.15) is 26.0 Å². The molecule has 1 aromatic heterocycles. The predicted molar refractivity (Wildman–Crippen MR) is 58.1 cm³/mol. The third kappa shape index (κ3) is 2.26. The van der Waals surface area contributed by atoms with Crippen molar-refractivity contribution in [2.45, 2.75) is 33.7 Å². The molecule has 0 aromatic carbocycles. The number of aryl methyl sites for hydroxylation is 2. The van der Waals surface area contributed by atoms with Crippen molar-refractivity contribution in [3.8, 4) is 0 Å². The number of nitro groups is 1. The van der Waals surface area contributed by atoms with E-state index in [4.69, 9.17) is 0 Å². The molecule has 1 N–H and O–H groups in total. The van der Waals surface area contributed by atoms with Crippen LogP contribution in [0.2, 0.25) is 0 Å². The first-order valence-electron chi connectivity index (χ1n) is 5.07. The van der Waals surface area contributed by atoms with Gasteiger partial charge in [0.2, 0.25) is 5.82 Å². The van der Waals surface area contributed by atoms with E-state index in [1.165, 1.54) is 0 Å². The molecule has 6 nitrogen and oxygen atoms in total. The van der Waals surface area contributed by atoms with E-state index < -0.39 is 0 Å². The van der Waals surface area contributed by atoms with E-state index in [-0.39, 0.29) is 10.6 Å². The summed E-state index contributed by atoms with van der Waals surface area (Å²) in [4.78, 5) is 10.5. The van der Waals surface area contributed by atoms with Crippen molar-refractivity contribution in [2.24, 2.45) is 0 Å². The summed E-state index contributed by atoms with van der Waals surface area (Å²) in [5.74, 6) is 0.516. The number of nitrogens with one attached hydrogen (secondary N) is 1. The molecule has 0 aliphatic rings. The lowest BCUT2D eigenvalue weighted by Gasteiger charge is -2.05. The van der Waals surface area contributed by atoms with Crippen molar-refractivity contribution in [2.75, 3.05) is 11.9 Å². The van der Waals surface area contributed by atoms with Gasteiger partial charge < -0.3 is 5.32 Å². The first kappa shape index (κ1) is 11.5. The molecule has 84 valence electrons. The summed E-state index contributed by atoms with van der Waals surface area (Å²) >= 11 is 0. The lowest BCUT2D eigenvalue weighted by Crippen LogP contribution is -2.08. The van der Waals surface area contributed by atoms with Gasteiger partial charge in [0.15, 0.2) is 0 Å². The standard InChI is InChI=1S/C9H16N4O2/c1-4-6-12-9(10-5-2)8(13(14)15)7(3)11-12/h10H,4-6H2,1-3H3. The lowest BCUT2D eigenvalue weighted by atomic mass is 10.4. The van der Waals surface area contributed by atoms with Crippen LogP contribution in [0.5, 0.6) is 0 Å². The average molecular weight is 212 g/mol. The Morgan fingerprint density at radius 3 is 2.67 bits per heavy atom. The monoisotopic (exact) mass is 212 g/mol. The molecule has 6 heteroatoms. The highest BCUT2D eigenvalue weighted by Gasteiger charge is 2.24. The number of rotatable bonds is 5. The van der Waals surface area contributed by atoms with Gasteiger partial charge in [0.25, 0.3) is 0 Å². The van der Waals surface area contributed by atoms with Gasteiger partial charge in [-0.15, -0.1) is 0 Å². The number of hydrogen-bond donors (Lipinski definition) is 1. The van der Waals surface area contributed by atoms with Gasteiger partial charge in [-0.2, -0.15) is 5.10 Å². The molecular weight excluding hydrogens is 196 g/mol. The average Bonchev–Trinajstić information content (AvgIpc) is 2.44. The Balaban J connectivity index is 3.17. The Hall–Kier alpha value is -1.59. The fourth-order valence-corrected chi connectivity index (χ4v) is 1.51. The molecule has 1 aromatic rings. The van der Waals surface area contributed by atoms with E-state index >= 15 is 0 Å². The Labute approximate surface area is 88.4 Å². The van der Waals surface area contributed by atoms with Crippen LogP contribution in [0.3, 0.4) is 0 Å². The van der Waals surface area contributed by atoms with E-state index in [1.54, 1.807) is 11.6 Å². The molecule has 0 saturated heterocycles. The normalized spacial score (nSPS) is 10.3. The first-order valence-corrected chi connectivity index (χ1v) is 5.07. The summed E-state index contributed by atoms with van der Waals surface area (Å²) in [5.41, 5.74) is 0.551. The van der Waals surface area contributed by atoms with Crippen LogP contribution < -0.4 is 5.32 Å². The Morgan fingerprint density at radius 2 is 2.20 bits per heavy atom. The molecule has 0 spiro atoms. The maximum Gasteiger partial charge on any atom is 0.333 e. The second-order valence-corrected chi connectivity index (χ2v) is 3.29. The molecule has 0 aliphatic heterocycles. The van der Waals surface area contributed by atoms with Crippen LogP contribution in [0.4, 0.5) is 11.5 Å². The van der Waals surface area contributed by atoms with E-state index in [9.17, 15) is 10.1 Å². The van der Waals surface area contributed by atoms with Crippen molar-refractivity contribution in [1.82, 2.24) is 9.78 Å². The maximum absolute atomic E-state index is 10.8. The fourth-order valence-electron chi connectivity index (χ4n) is 1.51. The fraction of sp³-hybridized carbons (Fsp3) is 0.667. The zero-order valence-electron chi connectivity index (χ0n) is 9.28. The van der Waals surface area contributed by atoms with Crippen LogP contribution in [0.15, 0.2) is 0 Å². The Morgan fingerprint density at radius 1 is 1.53 bits per heavy atom. The molecular formula is C9H16N4O2. The van der Waals surface area contributed by atoms with Gasteiger partial charge in [-0.3, -0.25) is 10.1 Å². The smallest absolute Gasteiger partial charge is 0.333 e. The van der Waals surface area contributed by atoms with Crippen molar-refractivity contribution < 1.29 is 4.92 Å². The molecule has 15 heavy (non-hydrogen) atoms. The minimum Gasteiger partial charge on any atom is -0.365 e. The predicted octanol–water partition coefficient (Wildman–Crippen LogP) is 1.94. The molecule has 0 radical (unpaired) electrons. The van der Waals surface area contributed by atoms with Gasteiger partial charge in [0, 0.05) is 13.1 Å². The molecule has 1 rings (SSSR count). The van der Waals surface area contributed by atoms with E-state index in [1.807, 2.05) is 13.8 Å². The van der Waals surface area contributed by atoms with Gasteiger partial charge in [0.05, 0.1) is 4.92 Å². The van der Waals surface area contributed by atoms with Crippen molar-refractivity contribution in [1.29, 1.82) is 0 Å². The topological polar surface area (TPSA) is 73.0 Å². The van der Waals surface area contributed by atoms with Gasteiger partial charge in [-0.1, -0.05) is 6.92 Å². The number of aromatic nitrogens is 2. The summed E-state index contributed by atoms with van der Waals surface area (Å²) < 4.78 is 1.66.